The van der Waals surface area contributed by atoms with E-state index in [2.05, 4.69) is 15.9 Å². The summed E-state index contributed by atoms with van der Waals surface area (Å²) in [5.41, 5.74) is 8.05. The van der Waals surface area contributed by atoms with Crippen LogP contribution in [0.4, 0.5) is 5.69 Å². The fourth-order valence-corrected chi connectivity index (χ4v) is 2.05. The van der Waals surface area contributed by atoms with Crippen molar-refractivity contribution in [1.29, 1.82) is 0 Å². The lowest BCUT2D eigenvalue weighted by molar-refractivity contribution is 0.0177. The lowest BCUT2D eigenvalue weighted by atomic mass is 9.98. The number of anilines is 1. The maximum absolute atomic E-state index is 9.97. The van der Waals surface area contributed by atoms with Gasteiger partial charge in [0.1, 0.15) is 6.10 Å². The van der Waals surface area contributed by atoms with Crippen LogP contribution in [0, 0.1) is 0 Å². The lowest BCUT2D eigenvalue weighted by Crippen LogP contribution is -2.19. The summed E-state index contributed by atoms with van der Waals surface area (Å²) in [4.78, 5) is 0. The van der Waals surface area contributed by atoms with Crippen molar-refractivity contribution in [2.45, 2.75) is 32.0 Å². The first kappa shape index (κ1) is 13.5. The van der Waals surface area contributed by atoms with Crippen LogP contribution in [0.2, 0.25) is 0 Å². The van der Waals surface area contributed by atoms with Crippen LogP contribution >= 0.6 is 15.9 Å². The van der Waals surface area contributed by atoms with Gasteiger partial charge in [-0.1, -0.05) is 35.0 Å². The van der Waals surface area contributed by atoms with Crippen LogP contribution in [0.15, 0.2) is 18.2 Å². The topological polar surface area (TPSA) is 66.5 Å². The first-order valence-electron chi connectivity index (χ1n) is 5.40. The van der Waals surface area contributed by atoms with Crippen LogP contribution in [-0.2, 0) is 6.42 Å². The van der Waals surface area contributed by atoms with Crippen LogP contribution in [0.3, 0.4) is 0 Å². The Hall–Kier alpha value is -0.580. The summed E-state index contributed by atoms with van der Waals surface area (Å²) in [6.45, 7) is 2.04. The van der Waals surface area contributed by atoms with E-state index < -0.39 is 12.2 Å². The number of alkyl halides is 1. The molecule has 1 rings (SSSR count). The van der Waals surface area contributed by atoms with Gasteiger partial charge in [0.2, 0.25) is 0 Å². The molecular formula is C12H18BrNO2. The largest absolute Gasteiger partial charge is 0.398 e. The fraction of sp³-hybridized carbons (Fsp3) is 0.500. The number of aliphatic hydroxyl groups excluding tert-OH is 2. The highest BCUT2D eigenvalue weighted by molar-refractivity contribution is 9.09. The minimum absolute atomic E-state index is 0.497. The van der Waals surface area contributed by atoms with E-state index in [1.807, 2.05) is 19.1 Å². The van der Waals surface area contributed by atoms with Crippen molar-refractivity contribution in [2.75, 3.05) is 11.1 Å². The summed E-state index contributed by atoms with van der Waals surface area (Å²) in [6, 6.07) is 5.57. The van der Waals surface area contributed by atoms with Crippen molar-refractivity contribution in [2.24, 2.45) is 0 Å². The first-order chi connectivity index (χ1) is 7.60. The predicted octanol–water partition coefficient (Wildman–Crippen LogP) is 2.01. The summed E-state index contributed by atoms with van der Waals surface area (Å²) in [5, 5.41) is 20.3. The molecule has 2 unspecified atom stereocenters. The van der Waals surface area contributed by atoms with Gasteiger partial charge in [0.05, 0.1) is 6.10 Å². The summed E-state index contributed by atoms with van der Waals surface area (Å²) >= 11 is 3.24. The molecule has 0 heterocycles. The predicted molar refractivity (Wildman–Crippen MR) is 69.6 cm³/mol. The molecule has 1 aromatic rings. The number of hydrogen-bond donors (Lipinski definition) is 3. The summed E-state index contributed by atoms with van der Waals surface area (Å²) in [6.07, 6.45) is -0.316. The van der Waals surface area contributed by atoms with E-state index in [1.165, 1.54) is 0 Å². The van der Waals surface area contributed by atoms with Gasteiger partial charge in [-0.2, -0.15) is 0 Å². The SMILES string of the molecule is CCc1ccc(N)c(C(O)C(O)CCBr)c1. The first-order valence-corrected chi connectivity index (χ1v) is 6.52. The Kier molecular flexibility index (Phi) is 5.25. The van der Waals surface area contributed by atoms with E-state index in [4.69, 9.17) is 5.73 Å². The zero-order valence-corrected chi connectivity index (χ0v) is 10.9. The molecule has 3 nitrogen and oxygen atoms in total. The van der Waals surface area contributed by atoms with Crippen molar-refractivity contribution in [3.8, 4) is 0 Å². The van der Waals surface area contributed by atoms with Gasteiger partial charge in [-0.15, -0.1) is 0 Å². The number of halogens is 1. The second kappa shape index (κ2) is 6.23. The molecule has 2 atom stereocenters. The summed E-state index contributed by atoms with van der Waals surface area (Å²) in [7, 11) is 0. The van der Waals surface area contributed by atoms with Crippen molar-refractivity contribution >= 4 is 21.6 Å². The molecule has 0 fully saturated rings. The highest BCUT2D eigenvalue weighted by Crippen LogP contribution is 2.26. The van der Waals surface area contributed by atoms with Crippen molar-refractivity contribution in [3.63, 3.8) is 0 Å². The monoisotopic (exact) mass is 287 g/mol. The van der Waals surface area contributed by atoms with Crippen LogP contribution in [0.1, 0.15) is 30.6 Å². The summed E-state index contributed by atoms with van der Waals surface area (Å²) in [5.74, 6) is 0. The van der Waals surface area contributed by atoms with Gasteiger partial charge < -0.3 is 15.9 Å². The standard InChI is InChI=1S/C12H18BrNO2/c1-2-8-3-4-10(14)9(7-8)12(16)11(15)5-6-13/h3-4,7,11-12,15-16H,2,5-6,14H2,1H3. The molecule has 0 aliphatic rings. The molecule has 90 valence electrons. The van der Waals surface area contributed by atoms with Crippen molar-refractivity contribution < 1.29 is 10.2 Å². The molecule has 16 heavy (non-hydrogen) atoms. The minimum atomic E-state index is -0.913. The smallest absolute Gasteiger partial charge is 0.107 e. The number of aryl methyl sites for hydroxylation is 1. The van der Waals surface area contributed by atoms with Crippen LogP contribution in [0.25, 0.3) is 0 Å². The quantitative estimate of drug-likeness (QED) is 0.573. The molecule has 4 heteroatoms. The third kappa shape index (κ3) is 3.20. The molecule has 0 bridgehead atoms. The van der Waals surface area contributed by atoms with Gasteiger partial charge in [0, 0.05) is 16.6 Å². The van der Waals surface area contributed by atoms with Gasteiger partial charge in [-0.25, -0.2) is 0 Å². The summed E-state index contributed by atoms with van der Waals surface area (Å²) < 4.78 is 0. The number of benzene rings is 1. The van der Waals surface area contributed by atoms with E-state index in [-0.39, 0.29) is 0 Å². The Morgan fingerprint density at radius 1 is 1.38 bits per heavy atom. The highest BCUT2D eigenvalue weighted by Gasteiger charge is 2.20. The molecule has 0 aromatic heterocycles. The molecule has 0 saturated carbocycles. The third-order valence-electron chi connectivity index (χ3n) is 2.65. The number of nitrogens with two attached hydrogens (primary N) is 1. The van der Waals surface area contributed by atoms with Gasteiger partial charge in [-0.3, -0.25) is 0 Å². The Morgan fingerprint density at radius 2 is 2.06 bits per heavy atom. The van der Waals surface area contributed by atoms with E-state index in [0.717, 1.165) is 12.0 Å². The maximum atomic E-state index is 9.97. The van der Waals surface area contributed by atoms with Crippen molar-refractivity contribution in [3.05, 3.63) is 29.3 Å². The third-order valence-corrected chi connectivity index (χ3v) is 3.11. The Morgan fingerprint density at radius 3 is 2.62 bits per heavy atom. The average Bonchev–Trinajstić information content (AvgIpc) is 2.29. The van der Waals surface area contributed by atoms with Crippen LogP contribution in [0.5, 0.6) is 0 Å². The molecule has 1 aromatic carbocycles. The minimum Gasteiger partial charge on any atom is -0.398 e. The molecule has 0 radical (unpaired) electrons. The Bertz CT molecular complexity index is 344. The molecule has 0 aliphatic heterocycles. The van der Waals surface area contributed by atoms with Gasteiger partial charge in [0.15, 0.2) is 0 Å². The number of rotatable bonds is 5. The molecule has 4 N–H and O–H groups in total. The fourth-order valence-electron chi connectivity index (χ4n) is 1.58. The van der Waals surface area contributed by atoms with E-state index in [1.54, 1.807) is 6.07 Å². The molecule has 0 aliphatic carbocycles. The van der Waals surface area contributed by atoms with Gasteiger partial charge in [0.25, 0.3) is 0 Å². The zero-order valence-electron chi connectivity index (χ0n) is 9.36. The average molecular weight is 288 g/mol. The van der Waals surface area contributed by atoms with Crippen molar-refractivity contribution in [1.82, 2.24) is 0 Å². The highest BCUT2D eigenvalue weighted by atomic mass is 79.9. The van der Waals surface area contributed by atoms with Gasteiger partial charge in [-0.05, 0) is 24.5 Å². The molecular weight excluding hydrogens is 270 g/mol. The van der Waals surface area contributed by atoms with Crippen LogP contribution in [-0.4, -0.2) is 21.6 Å². The molecule has 0 spiro atoms. The lowest BCUT2D eigenvalue weighted by Gasteiger charge is -2.19. The van der Waals surface area contributed by atoms with E-state index >= 15 is 0 Å². The number of hydrogen-bond acceptors (Lipinski definition) is 3. The Labute approximate surface area is 104 Å². The van der Waals surface area contributed by atoms with E-state index in [9.17, 15) is 10.2 Å². The van der Waals surface area contributed by atoms with E-state index in [0.29, 0.717) is 23.0 Å². The number of nitrogen functional groups attached to an aromatic ring is 1. The zero-order chi connectivity index (χ0) is 12.1. The molecule has 0 saturated heterocycles. The second-order valence-electron chi connectivity index (χ2n) is 3.81. The van der Waals surface area contributed by atoms with Gasteiger partial charge >= 0.3 is 0 Å². The normalized spacial score (nSPS) is 14.8. The van der Waals surface area contributed by atoms with Crippen LogP contribution < -0.4 is 5.73 Å². The number of aliphatic hydroxyl groups is 2. The molecule has 0 amide bonds. The Balaban J connectivity index is 2.92. The second-order valence-corrected chi connectivity index (χ2v) is 4.60. The maximum Gasteiger partial charge on any atom is 0.107 e.